The van der Waals surface area contributed by atoms with E-state index in [1.807, 2.05) is 22.6 Å². The van der Waals surface area contributed by atoms with Gasteiger partial charge in [-0.1, -0.05) is 0 Å². The van der Waals surface area contributed by atoms with Gasteiger partial charge in [0.05, 0.1) is 6.20 Å². The molecule has 1 aromatic rings. The van der Waals surface area contributed by atoms with Crippen molar-refractivity contribution in [3.05, 3.63) is 27.3 Å². The van der Waals surface area contributed by atoms with Crippen LogP contribution in [0.5, 0.6) is 0 Å². The van der Waals surface area contributed by atoms with Crippen LogP contribution in [0, 0.1) is 16.3 Å². The maximum atomic E-state index is 12.5. The van der Waals surface area contributed by atoms with Gasteiger partial charge in [-0.25, -0.2) is 4.39 Å². The van der Waals surface area contributed by atoms with E-state index in [0.29, 0.717) is 5.56 Å². The zero-order chi connectivity index (χ0) is 6.85. The van der Waals surface area contributed by atoms with Crippen molar-refractivity contribution in [3.63, 3.8) is 0 Å². The van der Waals surface area contributed by atoms with Crippen molar-refractivity contribution < 1.29 is 4.39 Å². The van der Waals surface area contributed by atoms with E-state index < -0.39 is 0 Å². The fourth-order valence-electron chi connectivity index (χ4n) is 0.476. The van der Waals surface area contributed by atoms with E-state index >= 15 is 0 Å². The van der Waals surface area contributed by atoms with Gasteiger partial charge >= 0.3 is 0 Å². The lowest BCUT2D eigenvalue weighted by atomic mass is 10.3. The highest BCUT2D eigenvalue weighted by Crippen LogP contribution is 2.11. The molecule has 0 radical (unpaired) electrons. The third-order valence-corrected chi connectivity index (χ3v) is 2.18. The summed E-state index contributed by atoms with van der Waals surface area (Å²) in [6, 6.07) is 0. The van der Waals surface area contributed by atoms with Crippen molar-refractivity contribution in [2.45, 2.75) is 6.92 Å². The molecule has 0 N–H and O–H groups in total. The first-order valence-corrected chi connectivity index (χ1v) is 3.55. The van der Waals surface area contributed by atoms with Crippen LogP contribution in [0.2, 0.25) is 0 Å². The molecule has 0 bridgehead atoms. The molecule has 0 amide bonds. The third-order valence-electron chi connectivity index (χ3n) is 1.09. The average Bonchev–Trinajstić information content (AvgIpc) is 1.83. The molecule has 1 nitrogen and oxygen atoms in total. The molecule has 0 unspecified atom stereocenters. The number of pyridine rings is 1. The molecule has 0 aliphatic rings. The highest BCUT2D eigenvalue weighted by atomic mass is 127. The Morgan fingerprint density at radius 1 is 1.56 bits per heavy atom. The Labute approximate surface area is 66.4 Å². The molecule has 0 saturated heterocycles. The molecule has 0 fully saturated rings. The van der Waals surface area contributed by atoms with Crippen molar-refractivity contribution in [2.75, 3.05) is 0 Å². The van der Waals surface area contributed by atoms with Crippen LogP contribution < -0.4 is 0 Å². The fourth-order valence-corrected chi connectivity index (χ4v) is 0.894. The Kier molecular flexibility index (Phi) is 2.00. The highest BCUT2D eigenvalue weighted by molar-refractivity contribution is 14.1. The first-order chi connectivity index (χ1) is 4.22. The van der Waals surface area contributed by atoms with E-state index in [4.69, 9.17) is 0 Å². The molecule has 9 heavy (non-hydrogen) atoms. The Balaban J connectivity index is 3.25. The van der Waals surface area contributed by atoms with Crippen LogP contribution in [-0.2, 0) is 0 Å². The molecule has 0 aliphatic carbocycles. The lowest BCUT2D eigenvalue weighted by molar-refractivity contribution is 0.610. The van der Waals surface area contributed by atoms with Gasteiger partial charge < -0.3 is 0 Å². The smallest absolute Gasteiger partial charge is 0.145 e. The maximum Gasteiger partial charge on any atom is 0.145 e. The summed E-state index contributed by atoms with van der Waals surface area (Å²) in [4.78, 5) is 3.66. The van der Waals surface area contributed by atoms with E-state index in [9.17, 15) is 4.39 Å². The minimum atomic E-state index is -0.234. The Hall–Kier alpha value is -0.190. The van der Waals surface area contributed by atoms with Crippen molar-refractivity contribution in [2.24, 2.45) is 0 Å². The first kappa shape index (κ1) is 6.92. The Morgan fingerprint density at radius 3 is 2.67 bits per heavy atom. The fraction of sp³-hybridized carbons (Fsp3) is 0.167. The summed E-state index contributed by atoms with van der Waals surface area (Å²) in [6.45, 7) is 1.73. The Morgan fingerprint density at radius 2 is 2.22 bits per heavy atom. The molecule has 1 aromatic heterocycles. The van der Waals surface area contributed by atoms with Crippen LogP contribution in [0.3, 0.4) is 0 Å². The van der Waals surface area contributed by atoms with Gasteiger partial charge in [0.2, 0.25) is 0 Å². The van der Waals surface area contributed by atoms with Gasteiger partial charge in [-0.05, 0) is 29.5 Å². The van der Waals surface area contributed by atoms with Crippen molar-refractivity contribution >= 4 is 22.6 Å². The Bertz CT molecular complexity index is 204. The summed E-state index contributed by atoms with van der Waals surface area (Å²) < 4.78 is 13.4. The molecule has 1 heterocycles. The summed E-state index contributed by atoms with van der Waals surface area (Å²) >= 11 is 2.05. The SMILES string of the molecule is Cc1c(F)cncc1I. The largest absolute Gasteiger partial charge is 0.261 e. The van der Waals surface area contributed by atoms with Gasteiger partial charge in [0.15, 0.2) is 0 Å². The van der Waals surface area contributed by atoms with Crippen LogP contribution in [0.25, 0.3) is 0 Å². The number of rotatable bonds is 0. The second-order valence-electron chi connectivity index (χ2n) is 1.73. The van der Waals surface area contributed by atoms with Crippen LogP contribution in [0.1, 0.15) is 5.56 Å². The molecular formula is C6H5FIN. The van der Waals surface area contributed by atoms with Gasteiger partial charge in [0, 0.05) is 15.3 Å². The standard InChI is InChI=1S/C6H5FIN/c1-4-5(7)2-9-3-6(4)8/h2-3H,1H3. The van der Waals surface area contributed by atoms with Gasteiger partial charge in [-0.2, -0.15) is 0 Å². The van der Waals surface area contributed by atoms with Crippen LogP contribution in [-0.4, -0.2) is 4.98 Å². The molecule has 1 rings (SSSR count). The number of nitrogens with zero attached hydrogens (tertiary/aromatic N) is 1. The molecule has 3 heteroatoms. The second kappa shape index (κ2) is 2.60. The molecule has 0 atom stereocenters. The highest BCUT2D eigenvalue weighted by Gasteiger charge is 1.98. The predicted octanol–water partition coefficient (Wildman–Crippen LogP) is 2.13. The molecular weight excluding hydrogens is 232 g/mol. The molecule has 0 aromatic carbocycles. The third kappa shape index (κ3) is 1.38. The van der Waals surface area contributed by atoms with Gasteiger partial charge in [-0.15, -0.1) is 0 Å². The number of halogens is 2. The summed E-state index contributed by atoms with van der Waals surface area (Å²) in [7, 11) is 0. The number of aromatic nitrogens is 1. The predicted molar refractivity (Wildman–Crippen MR) is 41.6 cm³/mol. The average molecular weight is 237 g/mol. The summed E-state index contributed by atoms with van der Waals surface area (Å²) in [6.07, 6.45) is 2.86. The second-order valence-corrected chi connectivity index (χ2v) is 2.89. The summed E-state index contributed by atoms with van der Waals surface area (Å²) in [5.41, 5.74) is 0.672. The van der Waals surface area contributed by atoms with E-state index in [1.165, 1.54) is 6.20 Å². The lowest BCUT2D eigenvalue weighted by Gasteiger charge is -1.95. The van der Waals surface area contributed by atoms with Crippen LogP contribution >= 0.6 is 22.6 Å². The van der Waals surface area contributed by atoms with Crippen LogP contribution in [0.4, 0.5) is 4.39 Å². The number of hydrogen-bond donors (Lipinski definition) is 0. The number of hydrogen-bond acceptors (Lipinski definition) is 1. The summed E-state index contributed by atoms with van der Waals surface area (Å²) in [5, 5.41) is 0. The topological polar surface area (TPSA) is 12.9 Å². The van der Waals surface area contributed by atoms with E-state index in [-0.39, 0.29) is 5.82 Å². The quantitative estimate of drug-likeness (QED) is 0.630. The zero-order valence-electron chi connectivity index (χ0n) is 4.86. The van der Waals surface area contributed by atoms with Crippen LogP contribution in [0.15, 0.2) is 12.4 Å². The molecule has 0 aliphatic heterocycles. The van der Waals surface area contributed by atoms with Gasteiger partial charge in [0.1, 0.15) is 5.82 Å². The molecule has 0 saturated carbocycles. The maximum absolute atomic E-state index is 12.5. The normalized spacial score (nSPS) is 9.67. The lowest BCUT2D eigenvalue weighted by Crippen LogP contribution is -1.87. The zero-order valence-corrected chi connectivity index (χ0v) is 7.02. The van der Waals surface area contributed by atoms with E-state index in [1.54, 1.807) is 13.1 Å². The minimum Gasteiger partial charge on any atom is -0.261 e. The molecule has 48 valence electrons. The molecule has 0 spiro atoms. The van der Waals surface area contributed by atoms with Crippen molar-refractivity contribution in [1.29, 1.82) is 0 Å². The van der Waals surface area contributed by atoms with E-state index in [0.717, 1.165) is 3.57 Å². The summed E-state index contributed by atoms with van der Waals surface area (Å²) in [5.74, 6) is -0.234. The first-order valence-electron chi connectivity index (χ1n) is 2.47. The van der Waals surface area contributed by atoms with Gasteiger partial charge in [0.25, 0.3) is 0 Å². The van der Waals surface area contributed by atoms with Crippen molar-refractivity contribution in [1.82, 2.24) is 4.98 Å². The van der Waals surface area contributed by atoms with E-state index in [2.05, 4.69) is 4.98 Å². The van der Waals surface area contributed by atoms with Crippen molar-refractivity contribution in [3.8, 4) is 0 Å². The van der Waals surface area contributed by atoms with Gasteiger partial charge in [-0.3, -0.25) is 4.98 Å². The monoisotopic (exact) mass is 237 g/mol. The minimum absolute atomic E-state index is 0.234.